The van der Waals surface area contributed by atoms with Gasteiger partial charge in [0.05, 0.1) is 24.1 Å². The summed E-state index contributed by atoms with van der Waals surface area (Å²) in [6, 6.07) is 7.55. The Bertz CT molecular complexity index is 843. The molecule has 1 amide bonds. The second kappa shape index (κ2) is 9.80. The average Bonchev–Trinajstić information content (AvgIpc) is 2.70. The summed E-state index contributed by atoms with van der Waals surface area (Å²) in [5.74, 6) is 1.10. The van der Waals surface area contributed by atoms with Crippen molar-refractivity contribution < 1.29 is 9.53 Å². The molecular formula is C21H30N4O3. The number of aromatic amines is 1. The Balaban J connectivity index is 1.53. The Morgan fingerprint density at radius 1 is 1.29 bits per heavy atom. The van der Waals surface area contributed by atoms with Crippen molar-refractivity contribution in [2.45, 2.75) is 39.2 Å². The number of carbonyl (C=O) groups is 1. The second-order valence-corrected chi connectivity index (χ2v) is 7.77. The molecule has 1 saturated heterocycles. The molecule has 0 radical (unpaired) electrons. The Hall–Kier alpha value is -2.25. The van der Waals surface area contributed by atoms with Crippen LogP contribution in [0.1, 0.15) is 32.5 Å². The minimum Gasteiger partial charge on any atom is -0.379 e. The fourth-order valence-corrected chi connectivity index (χ4v) is 3.65. The highest BCUT2D eigenvalue weighted by molar-refractivity contribution is 5.78. The van der Waals surface area contributed by atoms with Gasteiger partial charge in [0, 0.05) is 38.5 Å². The Labute approximate surface area is 165 Å². The van der Waals surface area contributed by atoms with E-state index in [9.17, 15) is 9.59 Å². The van der Waals surface area contributed by atoms with Gasteiger partial charge < -0.3 is 15.0 Å². The number of nitrogens with one attached hydrogen (secondary N) is 2. The van der Waals surface area contributed by atoms with E-state index in [4.69, 9.17) is 4.74 Å². The molecule has 2 aromatic rings. The molecule has 2 N–H and O–H groups in total. The lowest BCUT2D eigenvalue weighted by atomic mass is 10.0. The summed E-state index contributed by atoms with van der Waals surface area (Å²) in [7, 11) is 0. The molecule has 3 rings (SSSR count). The van der Waals surface area contributed by atoms with E-state index in [1.54, 1.807) is 6.07 Å². The zero-order valence-electron chi connectivity index (χ0n) is 16.7. The maximum Gasteiger partial charge on any atom is 0.258 e. The lowest BCUT2D eigenvalue weighted by molar-refractivity contribution is -0.121. The first kappa shape index (κ1) is 20.5. The van der Waals surface area contributed by atoms with Gasteiger partial charge in [0.25, 0.3) is 5.56 Å². The van der Waals surface area contributed by atoms with Crippen molar-refractivity contribution in [3.63, 3.8) is 0 Å². The fourth-order valence-electron chi connectivity index (χ4n) is 3.65. The van der Waals surface area contributed by atoms with E-state index in [0.29, 0.717) is 48.1 Å². The molecule has 152 valence electrons. The Kier molecular flexibility index (Phi) is 7.17. The number of aryl methyl sites for hydroxylation is 1. The van der Waals surface area contributed by atoms with E-state index in [-0.39, 0.29) is 11.5 Å². The van der Waals surface area contributed by atoms with E-state index in [1.165, 1.54) is 0 Å². The van der Waals surface area contributed by atoms with E-state index >= 15 is 0 Å². The van der Waals surface area contributed by atoms with Crippen molar-refractivity contribution in [2.75, 3.05) is 32.8 Å². The van der Waals surface area contributed by atoms with Gasteiger partial charge in [-0.25, -0.2) is 4.98 Å². The molecule has 1 aromatic heterocycles. The summed E-state index contributed by atoms with van der Waals surface area (Å²) in [4.78, 5) is 34.1. The first-order chi connectivity index (χ1) is 13.5. The van der Waals surface area contributed by atoms with Gasteiger partial charge >= 0.3 is 0 Å². The van der Waals surface area contributed by atoms with Gasteiger partial charge in [-0.2, -0.15) is 0 Å². The van der Waals surface area contributed by atoms with Crippen LogP contribution in [0.5, 0.6) is 0 Å². The molecule has 1 unspecified atom stereocenters. The van der Waals surface area contributed by atoms with Gasteiger partial charge in [-0.1, -0.05) is 26.0 Å². The van der Waals surface area contributed by atoms with E-state index < -0.39 is 0 Å². The van der Waals surface area contributed by atoms with E-state index in [1.807, 2.05) is 18.2 Å². The molecule has 1 aliphatic heterocycles. The Morgan fingerprint density at radius 3 is 2.79 bits per heavy atom. The quantitative estimate of drug-likeness (QED) is 0.721. The number of hydrogen-bond donors (Lipinski definition) is 2. The second-order valence-electron chi connectivity index (χ2n) is 7.77. The number of carbonyl (C=O) groups excluding carboxylic acids is 1. The summed E-state index contributed by atoms with van der Waals surface area (Å²) in [5.41, 5.74) is 0.497. The van der Waals surface area contributed by atoms with Crippen LogP contribution in [-0.2, 0) is 16.0 Å². The number of aromatic nitrogens is 2. The van der Waals surface area contributed by atoms with Crippen LogP contribution in [0, 0.1) is 5.92 Å². The van der Waals surface area contributed by atoms with E-state index in [2.05, 4.69) is 34.0 Å². The van der Waals surface area contributed by atoms with Crippen LogP contribution in [0.4, 0.5) is 0 Å². The summed E-state index contributed by atoms with van der Waals surface area (Å²) < 4.78 is 5.44. The molecule has 2 heterocycles. The monoisotopic (exact) mass is 386 g/mol. The summed E-state index contributed by atoms with van der Waals surface area (Å²) in [6.45, 7) is 8.38. The summed E-state index contributed by atoms with van der Waals surface area (Å²) in [5, 5.41) is 3.63. The van der Waals surface area contributed by atoms with Crippen LogP contribution in [0.2, 0.25) is 0 Å². The first-order valence-corrected chi connectivity index (χ1v) is 10.1. The van der Waals surface area contributed by atoms with Crippen LogP contribution < -0.4 is 10.9 Å². The van der Waals surface area contributed by atoms with Gasteiger partial charge in [0.15, 0.2) is 0 Å². The fraction of sp³-hybridized carbons (Fsp3) is 0.571. The standard InChI is InChI=1S/C21H30N4O3/c1-15(2)13-16(25-9-11-28-12-10-25)14-22-20(26)8-7-19-23-18-6-4-3-5-17(18)21(27)24-19/h3-6,15-16H,7-14H2,1-2H3,(H,22,26)(H,23,24,27). The number of hydrogen-bond acceptors (Lipinski definition) is 5. The third-order valence-electron chi connectivity index (χ3n) is 5.09. The molecule has 0 spiro atoms. The average molecular weight is 386 g/mol. The van der Waals surface area contributed by atoms with Crippen molar-refractivity contribution in [1.82, 2.24) is 20.2 Å². The van der Waals surface area contributed by atoms with Crippen molar-refractivity contribution >= 4 is 16.8 Å². The molecule has 7 heteroatoms. The molecular weight excluding hydrogens is 356 g/mol. The van der Waals surface area contributed by atoms with Crippen LogP contribution in [0.15, 0.2) is 29.1 Å². The maximum atomic E-state index is 12.4. The van der Waals surface area contributed by atoms with Gasteiger partial charge in [0.1, 0.15) is 5.82 Å². The molecule has 1 atom stereocenters. The summed E-state index contributed by atoms with van der Waals surface area (Å²) >= 11 is 0. The number of morpholine rings is 1. The molecule has 7 nitrogen and oxygen atoms in total. The minimum atomic E-state index is -0.162. The molecule has 1 aromatic carbocycles. The normalized spacial score (nSPS) is 16.4. The number of H-pyrrole nitrogens is 1. The van der Waals surface area contributed by atoms with Crippen molar-refractivity contribution in [1.29, 1.82) is 0 Å². The maximum absolute atomic E-state index is 12.4. The van der Waals surface area contributed by atoms with Crippen LogP contribution in [0.3, 0.4) is 0 Å². The lowest BCUT2D eigenvalue weighted by Crippen LogP contribution is -2.49. The number of ether oxygens (including phenoxy) is 1. The largest absolute Gasteiger partial charge is 0.379 e. The van der Waals surface area contributed by atoms with Crippen molar-refractivity contribution in [2.24, 2.45) is 5.92 Å². The SMILES string of the molecule is CC(C)CC(CNC(=O)CCc1nc2ccccc2c(=O)[nH]1)N1CCOCC1. The van der Waals surface area contributed by atoms with Gasteiger partial charge in [-0.05, 0) is 24.5 Å². The smallest absolute Gasteiger partial charge is 0.258 e. The predicted octanol–water partition coefficient (Wildman–Crippen LogP) is 1.72. The first-order valence-electron chi connectivity index (χ1n) is 10.1. The van der Waals surface area contributed by atoms with Crippen LogP contribution in [0.25, 0.3) is 10.9 Å². The molecule has 1 fully saturated rings. The van der Waals surface area contributed by atoms with Crippen LogP contribution in [-0.4, -0.2) is 59.7 Å². The van der Waals surface area contributed by atoms with Gasteiger partial charge in [-0.15, -0.1) is 0 Å². The third-order valence-corrected chi connectivity index (χ3v) is 5.09. The minimum absolute atomic E-state index is 0.0159. The highest BCUT2D eigenvalue weighted by Gasteiger charge is 2.22. The van der Waals surface area contributed by atoms with Crippen LogP contribution >= 0.6 is 0 Å². The third kappa shape index (κ3) is 5.62. The molecule has 0 saturated carbocycles. The van der Waals surface area contributed by atoms with Crippen molar-refractivity contribution in [3.05, 3.63) is 40.4 Å². The molecule has 0 bridgehead atoms. The van der Waals surface area contributed by atoms with Gasteiger partial charge in [0.2, 0.25) is 5.91 Å². The number of nitrogens with zero attached hydrogens (tertiary/aromatic N) is 2. The lowest BCUT2D eigenvalue weighted by Gasteiger charge is -2.35. The number of fused-ring (bicyclic) bond motifs is 1. The zero-order chi connectivity index (χ0) is 19.9. The topological polar surface area (TPSA) is 87.3 Å². The highest BCUT2D eigenvalue weighted by Crippen LogP contribution is 2.13. The zero-order valence-corrected chi connectivity index (χ0v) is 16.7. The summed E-state index contributed by atoms with van der Waals surface area (Å²) in [6.07, 6.45) is 1.76. The number of para-hydroxylation sites is 1. The number of amides is 1. The Morgan fingerprint density at radius 2 is 2.04 bits per heavy atom. The number of rotatable bonds is 8. The predicted molar refractivity (Wildman–Crippen MR) is 109 cm³/mol. The molecule has 1 aliphatic rings. The van der Waals surface area contributed by atoms with Crippen molar-refractivity contribution in [3.8, 4) is 0 Å². The molecule has 28 heavy (non-hydrogen) atoms. The highest BCUT2D eigenvalue weighted by atomic mass is 16.5. The molecule has 0 aliphatic carbocycles. The van der Waals surface area contributed by atoms with Gasteiger partial charge in [-0.3, -0.25) is 14.5 Å². The number of benzene rings is 1. The van der Waals surface area contributed by atoms with E-state index in [0.717, 1.165) is 32.7 Å².